The van der Waals surface area contributed by atoms with Crippen LogP contribution >= 0.6 is 36.4 Å². The molecular weight excluding hydrogens is 337 g/mol. The van der Waals surface area contributed by atoms with E-state index >= 15 is 0 Å². The number of nitrogens with two attached hydrogens (primary N) is 2. The number of hydrogen-bond acceptors (Lipinski definition) is 6. The number of halogens is 3. The molecule has 21 heavy (non-hydrogen) atoms. The Labute approximate surface area is 139 Å². The molecule has 0 aliphatic carbocycles. The van der Waals surface area contributed by atoms with E-state index in [9.17, 15) is 0 Å². The van der Waals surface area contributed by atoms with Crippen LogP contribution in [0.25, 0.3) is 11.4 Å². The van der Waals surface area contributed by atoms with E-state index in [1.54, 1.807) is 0 Å². The first-order valence-electron chi connectivity index (χ1n) is 5.98. The smallest absolute Gasteiger partial charge is 0.222 e. The van der Waals surface area contributed by atoms with Crippen LogP contribution in [0.4, 0.5) is 11.8 Å². The first-order valence-corrected chi connectivity index (χ1v) is 6.35. The monoisotopic (exact) mass is 351 g/mol. The lowest BCUT2D eigenvalue weighted by Crippen LogP contribution is -2.27. The maximum atomic E-state index is 6.03. The van der Waals surface area contributed by atoms with Gasteiger partial charge in [0.2, 0.25) is 5.95 Å². The Hall–Kier alpha value is -1.28. The molecule has 0 amide bonds. The Morgan fingerprint density at radius 3 is 2.67 bits per heavy atom. The Morgan fingerprint density at radius 1 is 1.33 bits per heavy atom. The van der Waals surface area contributed by atoms with E-state index in [1.165, 1.54) is 6.20 Å². The Kier molecular flexibility index (Phi) is 6.03. The predicted octanol–water partition coefficient (Wildman–Crippen LogP) is 1.48. The molecule has 3 heterocycles. The van der Waals surface area contributed by atoms with Crippen molar-refractivity contribution in [1.29, 1.82) is 0 Å². The summed E-state index contributed by atoms with van der Waals surface area (Å²) < 4.78 is 0. The number of nitrogen functional groups attached to an aromatic ring is 1. The van der Waals surface area contributed by atoms with E-state index in [0.29, 0.717) is 16.4 Å². The number of anilines is 2. The van der Waals surface area contributed by atoms with Gasteiger partial charge < -0.3 is 16.4 Å². The summed E-state index contributed by atoms with van der Waals surface area (Å²) in [5.41, 5.74) is 12.9. The van der Waals surface area contributed by atoms with E-state index < -0.39 is 0 Å². The van der Waals surface area contributed by atoms with Gasteiger partial charge in [-0.3, -0.25) is 5.10 Å². The van der Waals surface area contributed by atoms with Gasteiger partial charge in [0.25, 0.3) is 0 Å². The summed E-state index contributed by atoms with van der Waals surface area (Å²) in [6, 6.07) is 2.02. The molecule has 0 radical (unpaired) electrons. The van der Waals surface area contributed by atoms with Crippen molar-refractivity contribution < 1.29 is 0 Å². The summed E-state index contributed by atoms with van der Waals surface area (Å²) in [5.74, 6) is 0.972. The third-order valence-corrected chi connectivity index (χ3v) is 3.41. The van der Waals surface area contributed by atoms with Gasteiger partial charge in [-0.05, 0) is 6.42 Å². The van der Waals surface area contributed by atoms with Crippen LogP contribution in [0.2, 0.25) is 5.02 Å². The first kappa shape index (κ1) is 17.8. The minimum Gasteiger partial charge on any atom is -0.368 e. The lowest BCUT2D eigenvalue weighted by molar-refractivity contribution is 0.751. The predicted molar refractivity (Wildman–Crippen MR) is 88.3 cm³/mol. The standard InChI is InChI=1S/C11H14ClN7.2ClH/c12-7-4-15-18-10(7)8-3-9(17-11(14)16-8)19-2-1-6(13)5-19;;/h3-4,6H,1-2,5,13H2,(H,15,18)(H2,14,16,17);2*1H/t6-;;/m1../s1. The van der Waals surface area contributed by atoms with Gasteiger partial charge in [0.05, 0.1) is 16.9 Å². The van der Waals surface area contributed by atoms with Crippen molar-refractivity contribution in [2.45, 2.75) is 12.5 Å². The van der Waals surface area contributed by atoms with Crippen LogP contribution in [0.3, 0.4) is 0 Å². The normalized spacial score (nSPS) is 17.2. The van der Waals surface area contributed by atoms with Crippen LogP contribution in [0, 0.1) is 0 Å². The molecule has 116 valence electrons. The molecule has 10 heteroatoms. The number of nitrogens with zero attached hydrogens (tertiary/aromatic N) is 4. The summed E-state index contributed by atoms with van der Waals surface area (Å²) in [6.45, 7) is 1.64. The number of aromatic nitrogens is 4. The molecule has 0 spiro atoms. The fourth-order valence-corrected chi connectivity index (χ4v) is 2.38. The van der Waals surface area contributed by atoms with Crippen LogP contribution in [0.1, 0.15) is 6.42 Å². The molecule has 1 fully saturated rings. The SMILES string of the molecule is Cl.Cl.Nc1nc(-c2[nH]ncc2Cl)cc(N2CC[C@@H](N)C2)n1. The van der Waals surface area contributed by atoms with Crippen LogP contribution in [-0.4, -0.2) is 39.3 Å². The molecule has 2 aromatic rings. The van der Waals surface area contributed by atoms with Crippen LogP contribution < -0.4 is 16.4 Å². The van der Waals surface area contributed by atoms with Crippen LogP contribution in [0.5, 0.6) is 0 Å². The fraction of sp³-hybridized carbons (Fsp3) is 0.364. The van der Waals surface area contributed by atoms with Crippen molar-refractivity contribution in [2.75, 3.05) is 23.7 Å². The Balaban J connectivity index is 0.00000110. The van der Waals surface area contributed by atoms with Crippen molar-refractivity contribution in [2.24, 2.45) is 5.73 Å². The molecule has 0 saturated carbocycles. The minimum atomic E-state index is 0. The highest BCUT2D eigenvalue weighted by Gasteiger charge is 2.22. The average Bonchev–Trinajstić information content (AvgIpc) is 2.97. The molecule has 1 aliphatic heterocycles. The second-order valence-corrected chi connectivity index (χ2v) is 4.96. The molecular formula is C11H16Cl3N7. The maximum Gasteiger partial charge on any atom is 0.222 e. The molecule has 0 bridgehead atoms. The van der Waals surface area contributed by atoms with Gasteiger partial charge >= 0.3 is 0 Å². The van der Waals surface area contributed by atoms with Gasteiger partial charge in [-0.2, -0.15) is 10.1 Å². The van der Waals surface area contributed by atoms with E-state index in [0.717, 1.165) is 25.3 Å². The number of hydrogen-bond donors (Lipinski definition) is 3. The number of rotatable bonds is 2. The van der Waals surface area contributed by atoms with Crippen LogP contribution in [0.15, 0.2) is 12.3 Å². The molecule has 5 N–H and O–H groups in total. The molecule has 1 atom stereocenters. The van der Waals surface area contributed by atoms with Gasteiger partial charge in [0.1, 0.15) is 11.5 Å². The second kappa shape index (κ2) is 7.13. The maximum absolute atomic E-state index is 6.03. The zero-order valence-corrected chi connectivity index (χ0v) is 13.4. The third-order valence-electron chi connectivity index (χ3n) is 3.13. The third kappa shape index (κ3) is 3.68. The number of nitrogens with one attached hydrogen (secondary N) is 1. The van der Waals surface area contributed by atoms with E-state index in [4.69, 9.17) is 23.1 Å². The van der Waals surface area contributed by atoms with E-state index in [1.807, 2.05) is 6.07 Å². The van der Waals surface area contributed by atoms with Crippen molar-refractivity contribution in [3.8, 4) is 11.4 Å². The molecule has 2 aromatic heterocycles. The number of H-pyrrole nitrogens is 1. The highest BCUT2D eigenvalue weighted by molar-refractivity contribution is 6.32. The van der Waals surface area contributed by atoms with Gasteiger partial charge in [0.15, 0.2) is 0 Å². The number of aromatic amines is 1. The largest absolute Gasteiger partial charge is 0.368 e. The zero-order valence-electron chi connectivity index (χ0n) is 11.0. The van der Waals surface area contributed by atoms with Crippen molar-refractivity contribution >= 4 is 48.2 Å². The van der Waals surface area contributed by atoms with Crippen molar-refractivity contribution in [1.82, 2.24) is 20.2 Å². The summed E-state index contributed by atoms with van der Waals surface area (Å²) in [7, 11) is 0. The topological polar surface area (TPSA) is 110 Å². The van der Waals surface area contributed by atoms with Crippen molar-refractivity contribution in [3.05, 3.63) is 17.3 Å². The summed E-state index contributed by atoms with van der Waals surface area (Å²) >= 11 is 6.03. The fourth-order valence-electron chi connectivity index (χ4n) is 2.19. The lowest BCUT2D eigenvalue weighted by atomic mass is 10.3. The van der Waals surface area contributed by atoms with Gasteiger partial charge in [-0.1, -0.05) is 11.6 Å². The molecule has 7 nitrogen and oxygen atoms in total. The molecule has 1 aliphatic rings. The highest BCUT2D eigenvalue weighted by Crippen LogP contribution is 2.27. The Bertz CT molecular complexity index is 603. The van der Waals surface area contributed by atoms with E-state index in [-0.39, 0.29) is 36.8 Å². The van der Waals surface area contributed by atoms with Crippen molar-refractivity contribution in [3.63, 3.8) is 0 Å². The second-order valence-electron chi connectivity index (χ2n) is 4.56. The van der Waals surface area contributed by atoms with Gasteiger partial charge in [0, 0.05) is 25.2 Å². The first-order chi connectivity index (χ1) is 9.13. The lowest BCUT2D eigenvalue weighted by Gasteiger charge is -2.17. The molecule has 0 unspecified atom stereocenters. The van der Waals surface area contributed by atoms with Gasteiger partial charge in [-0.15, -0.1) is 24.8 Å². The van der Waals surface area contributed by atoms with E-state index in [2.05, 4.69) is 25.1 Å². The molecule has 1 saturated heterocycles. The highest BCUT2D eigenvalue weighted by atomic mass is 35.5. The summed E-state index contributed by atoms with van der Waals surface area (Å²) in [5, 5.41) is 7.18. The average molecular weight is 353 g/mol. The van der Waals surface area contributed by atoms with Gasteiger partial charge in [-0.25, -0.2) is 4.98 Å². The molecule has 0 aromatic carbocycles. The molecule has 3 rings (SSSR count). The summed E-state index contributed by atoms with van der Waals surface area (Å²) in [4.78, 5) is 10.5. The minimum absolute atomic E-state index is 0. The Morgan fingerprint density at radius 2 is 2.10 bits per heavy atom. The van der Waals surface area contributed by atoms with Crippen LogP contribution in [-0.2, 0) is 0 Å². The summed E-state index contributed by atoms with van der Waals surface area (Å²) in [6.07, 6.45) is 2.48. The zero-order chi connectivity index (χ0) is 13.4. The quantitative estimate of drug-likeness (QED) is 0.755.